The van der Waals surface area contributed by atoms with Crippen molar-refractivity contribution in [3.8, 4) is 5.75 Å². The fourth-order valence-electron chi connectivity index (χ4n) is 3.42. The van der Waals surface area contributed by atoms with Crippen LogP contribution < -0.4 is 33.2 Å². The van der Waals surface area contributed by atoms with Crippen molar-refractivity contribution in [3.63, 3.8) is 0 Å². The number of phenols is 1. The Morgan fingerprint density at radius 1 is 0.921 bits per heavy atom. The van der Waals surface area contributed by atoms with Gasteiger partial charge in [0.2, 0.25) is 17.7 Å². The Bertz CT molecular complexity index is 979. The monoisotopic (exact) mass is 537 g/mol. The fraction of sp³-hybridized carbons (Fsp3) is 0.542. The number of aliphatic hydroxyl groups excluding tert-OH is 1. The van der Waals surface area contributed by atoms with Crippen LogP contribution in [0, 0.1) is 5.92 Å². The highest BCUT2D eigenvalue weighted by molar-refractivity contribution is 5.94. The molecule has 0 fully saturated rings. The Balaban J connectivity index is 2.87. The largest absolute Gasteiger partial charge is 0.508 e. The van der Waals surface area contributed by atoms with Crippen molar-refractivity contribution < 1.29 is 34.5 Å². The van der Waals surface area contributed by atoms with E-state index in [9.17, 15) is 34.5 Å². The number of phenolic OH excluding ortho intramolecular Hbond substituents is 1. The van der Waals surface area contributed by atoms with Crippen LogP contribution in [-0.2, 0) is 25.6 Å². The van der Waals surface area contributed by atoms with Gasteiger partial charge in [-0.05, 0) is 43.4 Å². The zero-order valence-corrected chi connectivity index (χ0v) is 21.8. The number of nitrogens with zero attached hydrogens (tertiary/aromatic N) is 1. The van der Waals surface area contributed by atoms with Crippen molar-refractivity contribution in [3.05, 3.63) is 29.8 Å². The van der Waals surface area contributed by atoms with Gasteiger partial charge in [0.15, 0.2) is 5.96 Å². The number of carbonyl (C=O) groups is 4. The number of benzene rings is 1. The van der Waals surface area contributed by atoms with Gasteiger partial charge in [0, 0.05) is 13.0 Å². The lowest BCUT2D eigenvalue weighted by Crippen LogP contribution is -2.60. The predicted molar refractivity (Wildman–Crippen MR) is 140 cm³/mol. The maximum Gasteiger partial charge on any atom is 0.326 e. The molecule has 1 aromatic rings. The Kier molecular flexibility index (Phi) is 13.0. The molecule has 5 atom stereocenters. The van der Waals surface area contributed by atoms with Crippen molar-refractivity contribution in [2.24, 2.45) is 28.1 Å². The van der Waals surface area contributed by atoms with E-state index in [0.717, 1.165) is 0 Å². The van der Waals surface area contributed by atoms with Crippen LogP contribution in [0.15, 0.2) is 29.3 Å². The number of aliphatic hydroxyl groups is 1. The van der Waals surface area contributed by atoms with Gasteiger partial charge in [-0.3, -0.25) is 19.4 Å². The Labute approximate surface area is 221 Å². The summed E-state index contributed by atoms with van der Waals surface area (Å²) in [4.78, 5) is 54.0. The van der Waals surface area contributed by atoms with Crippen LogP contribution in [0.25, 0.3) is 0 Å². The third-order valence-corrected chi connectivity index (χ3v) is 5.60. The topological polar surface area (TPSA) is 255 Å². The summed E-state index contributed by atoms with van der Waals surface area (Å²) in [7, 11) is 0. The summed E-state index contributed by atoms with van der Waals surface area (Å²) >= 11 is 0. The smallest absolute Gasteiger partial charge is 0.326 e. The molecule has 38 heavy (non-hydrogen) atoms. The summed E-state index contributed by atoms with van der Waals surface area (Å²) < 4.78 is 0. The van der Waals surface area contributed by atoms with Gasteiger partial charge in [0.25, 0.3) is 0 Å². The lowest BCUT2D eigenvalue weighted by atomic mass is 10.00. The first-order chi connectivity index (χ1) is 17.7. The van der Waals surface area contributed by atoms with Crippen LogP contribution in [0.1, 0.15) is 39.2 Å². The van der Waals surface area contributed by atoms with E-state index in [0.29, 0.717) is 12.0 Å². The standard InChI is InChI=1S/C24H39N7O7/c1-12(2)18(21(35)29-17(23(37)38)11-14-6-8-15(33)9-7-14)30-22(36)19(13(3)32)31-20(34)16(25)5-4-10-28-24(26)27/h6-9,12-13,16-19,32-33H,4-5,10-11,25H2,1-3H3,(H,29,35)(H,30,36)(H,31,34)(H,37,38)(H4,26,27,28). The fourth-order valence-corrected chi connectivity index (χ4v) is 3.42. The lowest BCUT2D eigenvalue weighted by Gasteiger charge is -2.28. The lowest BCUT2D eigenvalue weighted by molar-refractivity contribution is -0.142. The highest BCUT2D eigenvalue weighted by atomic mass is 16.4. The molecule has 0 aliphatic rings. The molecule has 212 valence electrons. The minimum atomic E-state index is -1.42. The first-order valence-electron chi connectivity index (χ1n) is 12.1. The highest BCUT2D eigenvalue weighted by Gasteiger charge is 2.33. The van der Waals surface area contributed by atoms with E-state index in [-0.39, 0.29) is 31.1 Å². The number of carbonyl (C=O) groups excluding carboxylic acids is 3. The molecule has 1 rings (SSSR count). The van der Waals surface area contributed by atoms with Crippen molar-refractivity contribution >= 4 is 29.7 Å². The molecule has 3 amide bonds. The van der Waals surface area contributed by atoms with Crippen molar-refractivity contribution in [2.75, 3.05) is 6.54 Å². The Morgan fingerprint density at radius 2 is 1.47 bits per heavy atom. The van der Waals surface area contributed by atoms with Crippen LogP contribution in [-0.4, -0.2) is 81.8 Å². The number of nitrogens with two attached hydrogens (primary N) is 3. The number of aromatic hydroxyl groups is 1. The summed E-state index contributed by atoms with van der Waals surface area (Å²) in [6.07, 6.45) is -0.772. The van der Waals surface area contributed by atoms with E-state index in [1.165, 1.54) is 31.2 Å². The van der Waals surface area contributed by atoms with E-state index in [4.69, 9.17) is 17.2 Å². The number of hydrogen-bond acceptors (Lipinski definition) is 8. The molecule has 14 heteroatoms. The number of aliphatic imine (C=N–C) groups is 1. The average molecular weight is 538 g/mol. The zero-order chi connectivity index (χ0) is 29.0. The molecule has 12 N–H and O–H groups in total. The summed E-state index contributed by atoms with van der Waals surface area (Å²) in [5, 5.41) is 36.4. The number of hydrogen-bond donors (Lipinski definition) is 9. The molecule has 14 nitrogen and oxygen atoms in total. The second kappa shape index (κ2) is 15.4. The normalized spacial score (nSPS) is 14.9. The van der Waals surface area contributed by atoms with Gasteiger partial charge >= 0.3 is 5.97 Å². The van der Waals surface area contributed by atoms with E-state index in [1.807, 2.05) is 0 Å². The third kappa shape index (κ3) is 11.0. The average Bonchev–Trinajstić information content (AvgIpc) is 2.83. The van der Waals surface area contributed by atoms with Crippen molar-refractivity contribution in [2.45, 2.75) is 70.3 Å². The van der Waals surface area contributed by atoms with Gasteiger partial charge in [-0.15, -0.1) is 0 Å². The quantitative estimate of drug-likeness (QED) is 0.0668. The predicted octanol–water partition coefficient (Wildman–Crippen LogP) is -2.11. The molecule has 5 unspecified atom stereocenters. The van der Waals surface area contributed by atoms with Gasteiger partial charge in [0.1, 0.15) is 23.9 Å². The van der Waals surface area contributed by atoms with E-state index < -0.39 is 59.9 Å². The minimum Gasteiger partial charge on any atom is -0.508 e. The molecular formula is C24H39N7O7. The van der Waals surface area contributed by atoms with E-state index >= 15 is 0 Å². The summed E-state index contributed by atoms with van der Waals surface area (Å²) in [5.41, 5.74) is 16.9. The van der Waals surface area contributed by atoms with Gasteiger partial charge in [-0.2, -0.15) is 0 Å². The molecule has 0 bridgehead atoms. The van der Waals surface area contributed by atoms with Crippen LogP contribution >= 0.6 is 0 Å². The SMILES string of the molecule is CC(C)C(NC(=O)C(NC(=O)C(N)CCCN=C(N)N)C(C)O)C(=O)NC(Cc1ccc(O)cc1)C(=O)O. The molecule has 0 aliphatic heterocycles. The van der Waals surface area contributed by atoms with Gasteiger partial charge in [-0.1, -0.05) is 26.0 Å². The number of carboxylic acids is 1. The molecular weight excluding hydrogens is 498 g/mol. The van der Waals surface area contributed by atoms with Crippen LogP contribution in [0.4, 0.5) is 0 Å². The number of rotatable bonds is 15. The Morgan fingerprint density at radius 3 is 1.97 bits per heavy atom. The first-order valence-corrected chi connectivity index (χ1v) is 12.1. The molecule has 0 heterocycles. The molecule has 0 saturated carbocycles. The van der Waals surface area contributed by atoms with Crippen molar-refractivity contribution in [1.29, 1.82) is 0 Å². The maximum atomic E-state index is 13.0. The second-order valence-electron chi connectivity index (χ2n) is 9.28. The van der Waals surface area contributed by atoms with Crippen LogP contribution in [0.3, 0.4) is 0 Å². The van der Waals surface area contributed by atoms with Gasteiger partial charge < -0.3 is 48.5 Å². The zero-order valence-electron chi connectivity index (χ0n) is 21.8. The summed E-state index contributed by atoms with van der Waals surface area (Å²) in [6, 6.07) is 0.943. The van der Waals surface area contributed by atoms with E-state index in [1.54, 1.807) is 13.8 Å². The molecule has 0 aromatic heterocycles. The van der Waals surface area contributed by atoms with Crippen LogP contribution in [0.2, 0.25) is 0 Å². The van der Waals surface area contributed by atoms with Crippen LogP contribution in [0.5, 0.6) is 5.75 Å². The number of amides is 3. The minimum absolute atomic E-state index is 0.0129. The first kappa shape index (κ1) is 32.1. The molecule has 1 aromatic carbocycles. The Hall–Kier alpha value is -3.91. The molecule has 0 spiro atoms. The summed E-state index contributed by atoms with van der Waals surface area (Å²) in [6.45, 7) is 4.84. The van der Waals surface area contributed by atoms with Crippen molar-refractivity contribution in [1.82, 2.24) is 16.0 Å². The molecule has 0 aliphatic carbocycles. The number of aliphatic carboxylic acids is 1. The molecule has 0 saturated heterocycles. The maximum absolute atomic E-state index is 13.0. The number of carboxylic acid groups (broad SMARTS) is 1. The number of nitrogens with one attached hydrogen (secondary N) is 3. The highest BCUT2D eigenvalue weighted by Crippen LogP contribution is 2.12. The van der Waals surface area contributed by atoms with Gasteiger partial charge in [-0.25, -0.2) is 4.79 Å². The second-order valence-corrected chi connectivity index (χ2v) is 9.28. The van der Waals surface area contributed by atoms with E-state index in [2.05, 4.69) is 20.9 Å². The molecule has 0 radical (unpaired) electrons. The van der Waals surface area contributed by atoms with Gasteiger partial charge in [0.05, 0.1) is 12.1 Å². The number of guanidine groups is 1. The summed E-state index contributed by atoms with van der Waals surface area (Å²) in [5.74, 6) is -4.13. The third-order valence-electron chi connectivity index (χ3n) is 5.60.